The van der Waals surface area contributed by atoms with Crippen LogP contribution >= 0.6 is 0 Å². The second-order valence-corrected chi connectivity index (χ2v) is 7.28. The van der Waals surface area contributed by atoms with E-state index >= 15 is 0 Å². The molecule has 0 unspecified atom stereocenters. The topological polar surface area (TPSA) is 108 Å². The van der Waals surface area contributed by atoms with Crippen LogP contribution in [0.1, 0.15) is 42.6 Å². The van der Waals surface area contributed by atoms with E-state index in [1.54, 1.807) is 12.1 Å². The molecule has 0 saturated heterocycles. The molecule has 0 bridgehead atoms. The van der Waals surface area contributed by atoms with Crippen molar-refractivity contribution >= 4 is 17.6 Å². The van der Waals surface area contributed by atoms with Gasteiger partial charge in [-0.1, -0.05) is 50.6 Å². The molecule has 1 aromatic carbocycles. The minimum atomic E-state index is -0.827. The molecule has 30 heavy (non-hydrogen) atoms. The summed E-state index contributed by atoms with van der Waals surface area (Å²) in [5.41, 5.74) is 1.44. The number of rotatable bonds is 11. The molecule has 0 aliphatic heterocycles. The van der Waals surface area contributed by atoms with Crippen LogP contribution in [0.2, 0.25) is 0 Å². The zero-order valence-electron chi connectivity index (χ0n) is 17.4. The zero-order valence-corrected chi connectivity index (χ0v) is 17.4. The number of nitrogens with one attached hydrogen (secondary N) is 2. The Bertz CT molecular complexity index is 827. The van der Waals surface area contributed by atoms with Gasteiger partial charge in [0, 0.05) is 18.0 Å². The molecule has 1 heterocycles. The number of benzene rings is 1. The first kappa shape index (κ1) is 23.2. The lowest BCUT2D eigenvalue weighted by Crippen LogP contribution is -2.54. The Morgan fingerprint density at radius 2 is 1.70 bits per heavy atom. The number of aromatic nitrogens is 1. The Balaban J connectivity index is 2.09. The number of Topliss-reactive ketones (excluding diaryl/α,β-unsaturated/α-hetero) is 1. The molecule has 2 amide bonds. The van der Waals surface area contributed by atoms with Gasteiger partial charge in [-0.05, 0) is 36.5 Å². The van der Waals surface area contributed by atoms with E-state index in [9.17, 15) is 19.5 Å². The van der Waals surface area contributed by atoms with Gasteiger partial charge in [0.1, 0.15) is 12.6 Å². The van der Waals surface area contributed by atoms with Gasteiger partial charge in [0.05, 0.1) is 6.04 Å². The van der Waals surface area contributed by atoms with E-state index in [2.05, 4.69) is 15.6 Å². The third kappa shape index (κ3) is 6.77. The van der Waals surface area contributed by atoms with Crippen LogP contribution in [-0.4, -0.2) is 46.4 Å². The molecule has 0 spiro atoms. The average Bonchev–Trinajstić information content (AvgIpc) is 2.80. The standard InChI is InChI=1S/C23H29N3O4/c1-3-16(2)21(26-22(29)18-11-13-24-14-12-18)23(30)25-19(20(28)15-27)10-9-17-7-5-4-6-8-17/h4-8,11-14,16,19,21,27H,3,9-10,15H2,1-2H3,(H,25,30)(H,26,29)/t16-,19-,21-/m0/s1. The van der Waals surface area contributed by atoms with Crippen molar-refractivity contribution in [2.75, 3.05) is 6.61 Å². The quantitative estimate of drug-likeness (QED) is 0.523. The molecule has 7 heteroatoms. The summed E-state index contributed by atoms with van der Waals surface area (Å²) in [6, 6.07) is 11.1. The zero-order chi connectivity index (χ0) is 21.9. The molecule has 3 atom stereocenters. The predicted molar refractivity (Wildman–Crippen MR) is 114 cm³/mol. The number of aliphatic hydroxyl groups is 1. The monoisotopic (exact) mass is 411 g/mol. The highest BCUT2D eigenvalue weighted by Crippen LogP contribution is 2.12. The molecular formula is C23H29N3O4. The lowest BCUT2D eigenvalue weighted by molar-refractivity contribution is -0.131. The highest BCUT2D eigenvalue weighted by atomic mass is 16.3. The summed E-state index contributed by atoms with van der Waals surface area (Å²) in [6.07, 6.45) is 4.62. The Hall–Kier alpha value is -3.06. The van der Waals surface area contributed by atoms with Crippen LogP contribution in [0.5, 0.6) is 0 Å². The fraction of sp³-hybridized carbons (Fsp3) is 0.391. The van der Waals surface area contributed by atoms with Crippen LogP contribution in [0.25, 0.3) is 0 Å². The summed E-state index contributed by atoms with van der Waals surface area (Å²) in [5.74, 6) is -1.42. The summed E-state index contributed by atoms with van der Waals surface area (Å²) < 4.78 is 0. The molecule has 3 N–H and O–H groups in total. The molecule has 7 nitrogen and oxygen atoms in total. The second kappa shape index (κ2) is 11.8. The van der Waals surface area contributed by atoms with Gasteiger partial charge in [-0.25, -0.2) is 0 Å². The van der Waals surface area contributed by atoms with Crippen molar-refractivity contribution in [3.8, 4) is 0 Å². The van der Waals surface area contributed by atoms with Crippen LogP contribution in [0, 0.1) is 5.92 Å². The van der Waals surface area contributed by atoms with Gasteiger partial charge in [0.15, 0.2) is 5.78 Å². The molecule has 1 aromatic heterocycles. The van der Waals surface area contributed by atoms with Gasteiger partial charge < -0.3 is 15.7 Å². The number of carbonyl (C=O) groups excluding carboxylic acids is 3. The van der Waals surface area contributed by atoms with E-state index in [1.807, 2.05) is 44.2 Å². The molecule has 2 rings (SSSR count). The third-order valence-electron chi connectivity index (χ3n) is 5.15. The maximum Gasteiger partial charge on any atom is 0.252 e. The first-order valence-corrected chi connectivity index (χ1v) is 10.1. The number of hydrogen-bond acceptors (Lipinski definition) is 5. The van der Waals surface area contributed by atoms with Crippen molar-refractivity contribution in [2.24, 2.45) is 5.92 Å². The Morgan fingerprint density at radius 1 is 1.03 bits per heavy atom. The normalized spacial score (nSPS) is 13.7. The van der Waals surface area contributed by atoms with Gasteiger partial charge in [0.25, 0.3) is 5.91 Å². The Morgan fingerprint density at radius 3 is 2.30 bits per heavy atom. The van der Waals surface area contributed by atoms with Crippen LogP contribution in [-0.2, 0) is 16.0 Å². The van der Waals surface area contributed by atoms with E-state index in [1.165, 1.54) is 12.4 Å². The molecular weight excluding hydrogens is 382 g/mol. The van der Waals surface area contributed by atoms with Crippen LogP contribution in [0.3, 0.4) is 0 Å². The molecule has 160 valence electrons. The third-order valence-corrected chi connectivity index (χ3v) is 5.15. The van der Waals surface area contributed by atoms with Crippen molar-refractivity contribution in [1.82, 2.24) is 15.6 Å². The molecule has 0 fully saturated rings. The number of amides is 2. The number of aryl methyl sites for hydroxylation is 1. The molecule has 2 aromatic rings. The molecule has 0 saturated carbocycles. The largest absolute Gasteiger partial charge is 0.389 e. The summed E-state index contributed by atoms with van der Waals surface area (Å²) in [7, 11) is 0. The van der Waals surface area contributed by atoms with Crippen LogP contribution in [0.15, 0.2) is 54.9 Å². The number of aliphatic hydroxyl groups excluding tert-OH is 1. The maximum absolute atomic E-state index is 13.0. The second-order valence-electron chi connectivity index (χ2n) is 7.28. The highest BCUT2D eigenvalue weighted by Gasteiger charge is 2.29. The van der Waals surface area contributed by atoms with Gasteiger partial charge in [-0.2, -0.15) is 0 Å². The summed E-state index contributed by atoms with van der Waals surface area (Å²) >= 11 is 0. The lowest BCUT2D eigenvalue weighted by Gasteiger charge is -2.26. The fourth-order valence-electron chi connectivity index (χ4n) is 3.07. The number of carbonyl (C=O) groups is 3. The highest BCUT2D eigenvalue weighted by molar-refractivity contribution is 5.98. The van der Waals surface area contributed by atoms with Crippen LogP contribution < -0.4 is 10.6 Å². The lowest BCUT2D eigenvalue weighted by atomic mass is 9.96. The number of hydrogen-bond donors (Lipinski definition) is 3. The predicted octanol–water partition coefficient (Wildman–Crippen LogP) is 1.91. The van der Waals surface area contributed by atoms with Gasteiger partial charge in [0.2, 0.25) is 5.91 Å². The smallest absolute Gasteiger partial charge is 0.252 e. The Labute approximate surface area is 176 Å². The number of pyridine rings is 1. The van der Waals surface area contributed by atoms with E-state index in [4.69, 9.17) is 0 Å². The van der Waals surface area contributed by atoms with Crippen molar-refractivity contribution in [3.05, 3.63) is 66.0 Å². The molecule has 0 aliphatic carbocycles. The maximum atomic E-state index is 13.0. The first-order valence-electron chi connectivity index (χ1n) is 10.1. The average molecular weight is 412 g/mol. The summed E-state index contributed by atoms with van der Waals surface area (Å²) in [6.45, 7) is 3.14. The van der Waals surface area contributed by atoms with Gasteiger partial charge >= 0.3 is 0 Å². The van der Waals surface area contributed by atoms with Crippen molar-refractivity contribution < 1.29 is 19.5 Å². The van der Waals surface area contributed by atoms with Gasteiger partial charge in [-0.15, -0.1) is 0 Å². The summed E-state index contributed by atoms with van der Waals surface area (Å²) in [4.78, 5) is 41.6. The van der Waals surface area contributed by atoms with Crippen molar-refractivity contribution in [2.45, 2.75) is 45.2 Å². The Kier molecular flexibility index (Phi) is 9.15. The summed E-state index contributed by atoms with van der Waals surface area (Å²) in [5, 5.41) is 14.8. The van der Waals surface area contributed by atoms with E-state index in [0.29, 0.717) is 24.8 Å². The van der Waals surface area contributed by atoms with E-state index < -0.39 is 30.4 Å². The molecule has 0 aliphatic rings. The van der Waals surface area contributed by atoms with Crippen LogP contribution in [0.4, 0.5) is 0 Å². The minimum Gasteiger partial charge on any atom is -0.389 e. The van der Waals surface area contributed by atoms with E-state index in [-0.39, 0.29) is 11.8 Å². The van der Waals surface area contributed by atoms with Gasteiger partial charge in [-0.3, -0.25) is 19.4 Å². The van der Waals surface area contributed by atoms with Crippen molar-refractivity contribution in [3.63, 3.8) is 0 Å². The molecule has 0 radical (unpaired) electrons. The minimum absolute atomic E-state index is 0.144. The fourth-order valence-corrected chi connectivity index (χ4v) is 3.07. The first-order chi connectivity index (χ1) is 14.5. The van der Waals surface area contributed by atoms with Crippen molar-refractivity contribution in [1.29, 1.82) is 0 Å². The SMILES string of the molecule is CC[C@H](C)[C@H](NC(=O)c1ccncc1)C(=O)N[C@@H](CCc1ccccc1)C(=O)CO. The number of nitrogens with zero attached hydrogens (tertiary/aromatic N) is 1. The van der Waals surface area contributed by atoms with E-state index in [0.717, 1.165) is 5.56 Å². The number of ketones is 1.